The first kappa shape index (κ1) is 25.6. The summed E-state index contributed by atoms with van der Waals surface area (Å²) in [4.78, 5) is 48.4. The van der Waals surface area contributed by atoms with E-state index in [-0.39, 0.29) is 30.7 Å². The number of carbonyl (C=O) groups is 4. The van der Waals surface area contributed by atoms with Crippen LogP contribution in [0.1, 0.15) is 60.0 Å². The van der Waals surface area contributed by atoms with Crippen LogP contribution in [0.3, 0.4) is 0 Å². The first-order chi connectivity index (χ1) is 16.5. The first-order valence-corrected chi connectivity index (χ1v) is 11.8. The number of hydrogen-bond acceptors (Lipinski definition) is 6. The lowest BCUT2D eigenvalue weighted by atomic mass is 9.98. The molecule has 0 saturated carbocycles. The minimum absolute atomic E-state index is 0.134. The molecule has 0 spiro atoms. The number of fused-ring (bicyclic) bond motifs is 1. The molecule has 0 bridgehead atoms. The van der Waals surface area contributed by atoms with Crippen molar-refractivity contribution in [3.63, 3.8) is 0 Å². The molecule has 2 aliphatic rings. The molecule has 1 unspecified atom stereocenters. The number of nitrogens with zero attached hydrogens (tertiary/aromatic N) is 1. The monoisotopic (exact) mass is 475 g/mol. The Labute approximate surface area is 199 Å². The summed E-state index contributed by atoms with van der Waals surface area (Å²) in [5, 5.41) is 13.0. The summed E-state index contributed by atoms with van der Waals surface area (Å²) in [6.07, 6.45) is 4.49. The maximum absolute atomic E-state index is 12.9. The standard InChI is InChI=1S/C24H33N3O7/c28-21-10-9-20(22(29)26-21)27-16-19-17(7-5-8-18(19)23(27)30)6-3-1-2-4-12-33-14-15-34-13-11-25-24(31)32/h5,7-8,20,25H,1-4,6,9-16H2,(H,31,32)(H,26,28,29). The van der Waals surface area contributed by atoms with Gasteiger partial charge in [-0.05, 0) is 42.9 Å². The highest BCUT2D eigenvalue weighted by molar-refractivity contribution is 6.05. The van der Waals surface area contributed by atoms with Crippen molar-refractivity contribution >= 4 is 23.8 Å². The average molecular weight is 476 g/mol. The Kier molecular flexibility index (Phi) is 9.84. The summed E-state index contributed by atoms with van der Waals surface area (Å²) in [6.45, 7) is 2.60. The highest BCUT2D eigenvalue weighted by atomic mass is 16.5. The van der Waals surface area contributed by atoms with Gasteiger partial charge in [0, 0.05) is 31.7 Å². The Morgan fingerprint density at radius 3 is 2.59 bits per heavy atom. The summed E-state index contributed by atoms with van der Waals surface area (Å²) in [5.41, 5.74) is 2.81. The Bertz CT molecular complexity index is 889. The first-order valence-electron chi connectivity index (χ1n) is 11.8. The molecule has 0 aromatic heterocycles. The van der Waals surface area contributed by atoms with Crippen LogP contribution in [0, 0.1) is 0 Å². The number of carbonyl (C=O) groups excluding carboxylic acids is 3. The van der Waals surface area contributed by atoms with Crippen molar-refractivity contribution in [2.75, 3.05) is 33.0 Å². The molecular formula is C24H33N3O7. The van der Waals surface area contributed by atoms with E-state index in [0.29, 0.717) is 45.0 Å². The van der Waals surface area contributed by atoms with Gasteiger partial charge in [0.05, 0.1) is 19.8 Å². The van der Waals surface area contributed by atoms with E-state index in [1.54, 1.807) is 4.90 Å². The molecule has 0 radical (unpaired) electrons. The zero-order valence-electron chi connectivity index (χ0n) is 19.3. The zero-order chi connectivity index (χ0) is 24.3. The quantitative estimate of drug-likeness (QED) is 0.276. The fourth-order valence-electron chi connectivity index (χ4n) is 4.31. The van der Waals surface area contributed by atoms with Crippen molar-refractivity contribution in [3.05, 3.63) is 34.9 Å². The van der Waals surface area contributed by atoms with Gasteiger partial charge in [0.1, 0.15) is 6.04 Å². The molecule has 1 aromatic rings. The van der Waals surface area contributed by atoms with Gasteiger partial charge in [-0.25, -0.2) is 4.79 Å². The number of benzene rings is 1. The van der Waals surface area contributed by atoms with Crippen molar-refractivity contribution in [1.82, 2.24) is 15.5 Å². The molecule has 1 saturated heterocycles. The second kappa shape index (κ2) is 13.0. The summed E-state index contributed by atoms with van der Waals surface area (Å²) in [6, 6.07) is 5.18. The molecule has 2 aliphatic heterocycles. The number of nitrogens with one attached hydrogen (secondary N) is 2. The summed E-state index contributed by atoms with van der Waals surface area (Å²) < 4.78 is 10.8. The van der Waals surface area contributed by atoms with Crippen LogP contribution < -0.4 is 10.6 Å². The molecule has 1 atom stereocenters. The van der Waals surface area contributed by atoms with Gasteiger partial charge >= 0.3 is 6.09 Å². The van der Waals surface area contributed by atoms with E-state index in [9.17, 15) is 19.2 Å². The number of imide groups is 1. The average Bonchev–Trinajstić information content (AvgIpc) is 3.14. The largest absolute Gasteiger partial charge is 0.465 e. The second-order valence-corrected chi connectivity index (χ2v) is 8.46. The maximum Gasteiger partial charge on any atom is 0.404 e. The van der Waals surface area contributed by atoms with Gasteiger partial charge in [-0.15, -0.1) is 0 Å². The molecule has 0 aliphatic carbocycles. The summed E-state index contributed by atoms with van der Waals surface area (Å²) in [5.74, 6) is -0.802. The lowest BCUT2D eigenvalue weighted by Gasteiger charge is -2.29. The Hall–Kier alpha value is -2.98. The minimum atomic E-state index is -1.06. The van der Waals surface area contributed by atoms with Gasteiger partial charge in [0.25, 0.3) is 5.91 Å². The van der Waals surface area contributed by atoms with Crippen molar-refractivity contribution < 1.29 is 33.8 Å². The lowest BCUT2D eigenvalue weighted by molar-refractivity contribution is -0.136. The van der Waals surface area contributed by atoms with E-state index in [0.717, 1.165) is 43.2 Å². The van der Waals surface area contributed by atoms with Crippen LogP contribution in [0.25, 0.3) is 0 Å². The van der Waals surface area contributed by atoms with Gasteiger partial charge < -0.3 is 24.8 Å². The molecule has 4 amide bonds. The minimum Gasteiger partial charge on any atom is -0.465 e. The van der Waals surface area contributed by atoms with Crippen LogP contribution >= 0.6 is 0 Å². The number of rotatable bonds is 14. The van der Waals surface area contributed by atoms with Crippen LogP contribution in [-0.4, -0.2) is 72.8 Å². The van der Waals surface area contributed by atoms with Gasteiger partial charge in [0.15, 0.2) is 0 Å². The van der Waals surface area contributed by atoms with Crippen LogP contribution in [0.5, 0.6) is 0 Å². The van der Waals surface area contributed by atoms with E-state index >= 15 is 0 Å². The predicted octanol–water partition coefficient (Wildman–Crippen LogP) is 1.85. The predicted molar refractivity (Wildman–Crippen MR) is 122 cm³/mol. The molecule has 3 N–H and O–H groups in total. The highest BCUT2D eigenvalue weighted by Crippen LogP contribution is 2.30. The molecule has 1 fully saturated rings. The van der Waals surface area contributed by atoms with Crippen LogP contribution in [0.15, 0.2) is 18.2 Å². The number of piperidine rings is 1. The van der Waals surface area contributed by atoms with Crippen LogP contribution in [0.2, 0.25) is 0 Å². The number of amides is 4. The molecule has 1 aromatic carbocycles. The van der Waals surface area contributed by atoms with Crippen molar-refractivity contribution in [1.29, 1.82) is 0 Å². The lowest BCUT2D eigenvalue weighted by Crippen LogP contribution is -2.52. The van der Waals surface area contributed by atoms with E-state index in [1.165, 1.54) is 0 Å². The van der Waals surface area contributed by atoms with Crippen molar-refractivity contribution in [3.8, 4) is 0 Å². The molecule has 3 rings (SSSR count). The van der Waals surface area contributed by atoms with Crippen molar-refractivity contribution in [2.45, 2.75) is 57.5 Å². The third-order valence-corrected chi connectivity index (χ3v) is 6.06. The normalized spacial score (nSPS) is 17.6. The van der Waals surface area contributed by atoms with E-state index in [1.807, 2.05) is 12.1 Å². The number of carboxylic acid groups (broad SMARTS) is 1. The molecule has 34 heavy (non-hydrogen) atoms. The second-order valence-electron chi connectivity index (χ2n) is 8.46. The van der Waals surface area contributed by atoms with Gasteiger partial charge in [-0.2, -0.15) is 0 Å². The zero-order valence-corrected chi connectivity index (χ0v) is 19.3. The van der Waals surface area contributed by atoms with Crippen molar-refractivity contribution in [2.24, 2.45) is 0 Å². The molecule has 186 valence electrons. The summed E-state index contributed by atoms with van der Waals surface area (Å²) >= 11 is 0. The number of ether oxygens (including phenoxy) is 2. The fraction of sp³-hybridized carbons (Fsp3) is 0.583. The fourth-order valence-corrected chi connectivity index (χ4v) is 4.31. The van der Waals surface area contributed by atoms with Gasteiger partial charge in [-0.1, -0.05) is 25.0 Å². The van der Waals surface area contributed by atoms with Gasteiger partial charge in [0.2, 0.25) is 11.8 Å². The number of unbranched alkanes of at least 4 members (excludes halogenated alkanes) is 3. The molecule has 2 heterocycles. The van der Waals surface area contributed by atoms with Crippen LogP contribution in [0.4, 0.5) is 4.79 Å². The molecular weight excluding hydrogens is 442 g/mol. The Morgan fingerprint density at radius 2 is 1.82 bits per heavy atom. The van der Waals surface area contributed by atoms with E-state index in [4.69, 9.17) is 14.6 Å². The van der Waals surface area contributed by atoms with E-state index in [2.05, 4.69) is 16.7 Å². The topological polar surface area (TPSA) is 134 Å². The number of hydrogen-bond donors (Lipinski definition) is 3. The third kappa shape index (κ3) is 7.26. The Balaban J connectivity index is 1.31. The number of aryl methyl sites for hydroxylation is 1. The highest BCUT2D eigenvalue weighted by Gasteiger charge is 2.39. The Morgan fingerprint density at radius 1 is 1.06 bits per heavy atom. The molecule has 10 nitrogen and oxygen atoms in total. The van der Waals surface area contributed by atoms with Gasteiger partial charge in [-0.3, -0.25) is 19.7 Å². The smallest absolute Gasteiger partial charge is 0.404 e. The molecule has 10 heteroatoms. The van der Waals surface area contributed by atoms with E-state index < -0.39 is 12.1 Å². The van der Waals surface area contributed by atoms with Crippen LogP contribution in [-0.2, 0) is 32.0 Å². The summed E-state index contributed by atoms with van der Waals surface area (Å²) in [7, 11) is 0. The maximum atomic E-state index is 12.9. The SMILES string of the molecule is O=C(O)NCCOCCOCCCCCCc1cccc2c1CN(C1CCC(=O)NC1=O)C2=O. The third-order valence-electron chi connectivity index (χ3n) is 6.06.